The average Bonchev–Trinajstić information content (AvgIpc) is 3.32. The van der Waals surface area contributed by atoms with Crippen molar-refractivity contribution < 1.29 is 23.9 Å². The molecule has 0 saturated carbocycles. The molecule has 0 spiro atoms. The Kier molecular flexibility index (Phi) is 5.79. The van der Waals surface area contributed by atoms with E-state index >= 15 is 0 Å². The maximum Gasteiger partial charge on any atom is 0.316 e. The molecule has 3 aliphatic rings. The molecule has 4 atom stereocenters. The van der Waals surface area contributed by atoms with Crippen molar-refractivity contribution in [3.63, 3.8) is 0 Å². The third-order valence-electron chi connectivity index (χ3n) is 7.16. The van der Waals surface area contributed by atoms with Crippen LogP contribution in [0, 0.1) is 37.5 Å². The lowest BCUT2D eigenvalue weighted by molar-refractivity contribution is -0.139. The predicted molar refractivity (Wildman–Crippen MR) is 131 cm³/mol. The smallest absolute Gasteiger partial charge is 0.316 e. The number of imide groups is 1. The molecular formula is C28H28N2O5. The van der Waals surface area contributed by atoms with Gasteiger partial charge in [-0.05, 0) is 73.7 Å². The standard InChI is InChI=1S/C28H28N2O5/c1-16-11-17(2)13-21(12-16)29-15-19(14-24(29)31)28(34)35-22-9-7-20(8-10-22)30-26(32)23-6-4-5-18(3)25(23)27(30)33/h4-5,7-13,18-19,23,25H,6,14-15H2,1-3H3/t18-,19-,23-,25+/m1/s1. The van der Waals surface area contributed by atoms with Crippen LogP contribution in [0.15, 0.2) is 54.6 Å². The van der Waals surface area contributed by atoms with Crippen LogP contribution < -0.4 is 14.5 Å². The van der Waals surface area contributed by atoms with Crippen LogP contribution in [-0.2, 0) is 19.2 Å². The van der Waals surface area contributed by atoms with Crippen LogP contribution in [-0.4, -0.2) is 30.2 Å². The molecule has 2 aromatic rings. The van der Waals surface area contributed by atoms with Gasteiger partial charge in [-0.2, -0.15) is 0 Å². The summed E-state index contributed by atoms with van der Waals surface area (Å²) in [7, 11) is 0. The summed E-state index contributed by atoms with van der Waals surface area (Å²) in [5, 5.41) is 0. The average molecular weight is 473 g/mol. The van der Waals surface area contributed by atoms with Gasteiger partial charge >= 0.3 is 5.97 Å². The molecule has 0 bridgehead atoms. The van der Waals surface area contributed by atoms with E-state index in [0.29, 0.717) is 17.9 Å². The van der Waals surface area contributed by atoms with Crippen LogP contribution >= 0.6 is 0 Å². The van der Waals surface area contributed by atoms with Gasteiger partial charge in [0.1, 0.15) is 5.75 Å². The molecule has 5 rings (SSSR count). The number of fused-ring (bicyclic) bond motifs is 1. The van der Waals surface area contributed by atoms with E-state index in [1.807, 2.05) is 51.1 Å². The van der Waals surface area contributed by atoms with Crippen molar-refractivity contribution in [1.29, 1.82) is 0 Å². The van der Waals surface area contributed by atoms with Crippen molar-refractivity contribution in [3.8, 4) is 5.75 Å². The van der Waals surface area contributed by atoms with Gasteiger partial charge in [-0.25, -0.2) is 0 Å². The summed E-state index contributed by atoms with van der Waals surface area (Å²) in [5.74, 6) is -1.84. The highest BCUT2D eigenvalue weighted by Crippen LogP contribution is 2.40. The minimum Gasteiger partial charge on any atom is -0.426 e. The summed E-state index contributed by atoms with van der Waals surface area (Å²) in [5.41, 5.74) is 3.37. The number of rotatable bonds is 4. The third-order valence-corrected chi connectivity index (χ3v) is 7.16. The van der Waals surface area contributed by atoms with Gasteiger partial charge in [0.2, 0.25) is 17.7 Å². The summed E-state index contributed by atoms with van der Waals surface area (Å²) in [4.78, 5) is 54.1. The van der Waals surface area contributed by atoms with Crippen LogP contribution in [0.1, 0.15) is 30.9 Å². The zero-order chi connectivity index (χ0) is 24.9. The quantitative estimate of drug-likeness (QED) is 0.291. The highest BCUT2D eigenvalue weighted by atomic mass is 16.5. The third kappa shape index (κ3) is 4.16. The van der Waals surface area contributed by atoms with E-state index in [9.17, 15) is 19.2 Å². The second kappa shape index (κ2) is 8.80. The van der Waals surface area contributed by atoms with Crippen molar-refractivity contribution in [3.05, 3.63) is 65.7 Å². The van der Waals surface area contributed by atoms with Crippen LogP contribution in [0.4, 0.5) is 11.4 Å². The second-order valence-electron chi connectivity index (χ2n) is 9.83. The Balaban J connectivity index is 1.25. The van der Waals surface area contributed by atoms with Crippen molar-refractivity contribution >= 4 is 35.1 Å². The first-order valence-electron chi connectivity index (χ1n) is 12.0. The highest BCUT2D eigenvalue weighted by Gasteiger charge is 2.50. The van der Waals surface area contributed by atoms with Crippen molar-refractivity contribution in [1.82, 2.24) is 0 Å². The lowest BCUT2D eigenvalue weighted by Gasteiger charge is -2.22. The number of benzene rings is 2. The number of esters is 1. The Hall–Kier alpha value is -3.74. The molecule has 180 valence electrons. The number of aryl methyl sites for hydroxylation is 2. The first kappa shape index (κ1) is 23.0. The van der Waals surface area contributed by atoms with E-state index in [1.54, 1.807) is 29.2 Å². The first-order chi connectivity index (χ1) is 16.7. The van der Waals surface area contributed by atoms with Gasteiger partial charge in [-0.1, -0.05) is 25.1 Å². The number of ether oxygens (including phenoxy) is 1. The van der Waals surface area contributed by atoms with Crippen molar-refractivity contribution in [2.24, 2.45) is 23.7 Å². The zero-order valence-electron chi connectivity index (χ0n) is 20.1. The maximum atomic E-state index is 13.0. The topological polar surface area (TPSA) is 84.0 Å². The number of carbonyl (C=O) groups excluding carboxylic acids is 4. The summed E-state index contributed by atoms with van der Waals surface area (Å²) in [6.45, 7) is 6.17. The highest BCUT2D eigenvalue weighted by molar-refractivity contribution is 6.22. The zero-order valence-corrected chi connectivity index (χ0v) is 20.1. The molecule has 3 amide bonds. The molecule has 2 aliphatic heterocycles. The fraction of sp³-hybridized carbons (Fsp3) is 0.357. The molecule has 0 aromatic heterocycles. The molecule has 0 radical (unpaired) electrons. The molecular weight excluding hydrogens is 444 g/mol. The summed E-state index contributed by atoms with van der Waals surface area (Å²) >= 11 is 0. The molecule has 2 saturated heterocycles. The van der Waals surface area contributed by atoms with Gasteiger partial charge in [-0.3, -0.25) is 24.1 Å². The number of carbonyl (C=O) groups is 4. The Morgan fingerprint density at radius 2 is 1.63 bits per heavy atom. The molecule has 0 N–H and O–H groups in total. The number of anilines is 2. The van der Waals surface area contributed by atoms with E-state index in [0.717, 1.165) is 16.8 Å². The van der Waals surface area contributed by atoms with E-state index in [4.69, 9.17) is 4.74 Å². The minimum atomic E-state index is -0.568. The summed E-state index contributed by atoms with van der Waals surface area (Å²) in [6.07, 6.45) is 4.63. The lowest BCUT2D eigenvalue weighted by Crippen LogP contribution is -2.31. The normalized spacial score (nSPS) is 25.9. The Bertz CT molecular complexity index is 1230. The van der Waals surface area contributed by atoms with E-state index in [2.05, 4.69) is 0 Å². The van der Waals surface area contributed by atoms with Gasteiger partial charge in [0, 0.05) is 18.7 Å². The summed E-state index contributed by atoms with van der Waals surface area (Å²) < 4.78 is 5.55. The van der Waals surface area contributed by atoms with Crippen LogP contribution in [0.5, 0.6) is 5.75 Å². The Morgan fingerprint density at radius 3 is 2.29 bits per heavy atom. The number of amides is 3. The molecule has 7 nitrogen and oxygen atoms in total. The largest absolute Gasteiger partial charge is 0.426 e. The van der Waals surface area contributed by atoms with Gasteiger partial charge in [-0.15, -0.1) is 0 Å². The van der Waals surface area contributed by atoms with Gasteiger partial charge in [0.25, 0.3) is 0 Å². The number of hydrogen-bond donors (Lipinski definition) is 0. The monoisotopic (exact) mass is 472 g/mol. The number of hydrogen-bond acceptors (Lipinski definition) is 5. The Labute approximate surface area is 204 Å². The molecule has 35 heavy (non-hydrogen) atoms. The fourth-order valence-corrected chi connectivity index (χ4v) is 5.49. The van der Waals surface area contributed by atoms with Crippen LogP contribution in [0.25, 0.3) is 0 Å². The predicted octanol–water partition coefficient (Wildman–Crippen LogP) is 3.96. The lowest BCUT2D eigenvalue weighted by atomic mass is 9.78. The molecule has 0 unspecified atom stereocenters. The van der Waals surface area contributed by atoms with Gasteiger partial charge in [0.15, 0.2) is 0 Å². The maximum absolute atomic E-state index is 13.0. The van der Waals surface area contributed by atoms with E-state index in [-0.39, 0.29) is 48.4 Å². The van der Waals surface area contributed by atoms with Crippen LogP contribution in [0.2, 0.25) is 0 Å². The van der Waals surface area contributed by atoms with E-state index < -0.39 is 11.9 Å². The molecule has 1 aliphatic carbocycles. The van der Waals surface area contributed by atoms with Crippen LogP contribution in [0.3, 0.4) is 0 Å². The number of allylic oxidation sites excluding steroid dienone is 2. The molecule has 2 heterocycles. The molecule has 7 heteroatoms. The second-order valence-corrected chi connectivity index (χ2v) is 9.83. The fourth-order valence-electron chi connectivity index (χ4n) is 5.49. The van der Waals surface area contributed by atoms with Crippen molar-refractivity contribution in [2.45, 2.75) is 33.6 Å². The summed E-state index contributed by atoms with van der Waals surface area (Å²) in [6, 6.07) is 12.3. The van der Waals surface area contributed by atoms with Gasteiger partial charge < -0.3 is 9.64 Å². The molecule has 2 fully saturated rings. The molecule has 2 aromatic carbocycles. The van der Waals surface area contributed by atoms with Gasteiger partial charge in [0.05, 0.1) is 23.4 Å². The number of nitrogens with zero attached hydrogens (tertiary/aromatic N) is 2. The SMILES string of the molecule is Cc1cc(C)cc(N2C[C@H](C(=O)Oc3ccc(N4C(=O)[C@H]5[C@H](C)C=CC[C@H]5C4=O)cc3)CC2=O)c1. The van der Waals surface area contributed by atoms with E-state index in [1.165, 1.54) is 4.90 Å². The minimum absolute atomic E-state index is 0.0211. The Morgan fingerprint density at radius 1 is 0.943 bits per heavy atom. The first-order valence-corrected chi connectivity index (χ1v) is 12.0. The van der Waals surface area contributed by atoms with Crippen molar-refractivity contribution in [2.75, 3.05) is 16.3 Å².